The zero-order valence-corrected chi connectivity index (χ0v) is 45.3. The molecule has 16 heteroatoms. The second-order valence-electron chi connectivity index (χ2n) is 17.9. The van der Waals surface area contributed by atoms with E-state index >= 15 is 0 Å². The largest absolute Gasteiger partial charge is 0.492 e. The van der Waals surface area contributed by atoms with Gasteiger partial charge in [-0.25, -0.2) is 4.59 Å². The Kier molecular flexibility index (Phi) is 22.4. The Morgan fingerprint density at radius 1 is 0.474 bits per heavy atom. The van der Waals surface area contributed by atoms with Crippen LogP contribution in [0.4, 0.5) is 45.5 Å². The van der Waals surface area contributed by atoms with Gasteiger partial charge in [-0.3, -0.25) is 9.59 Å². The average Bonchev–Trinajstić information content (AvgIpc) is 3.54. The van der Waals surface area contributed by atoms with Gasteiger partial charge < -0.3 is 28.6 Å². The zero-order chi connectivity index (χ0) is 54.8. The number of ether oxygens (including phenoxy) is 5. The van der Waals surface area contributed by atoms with Gasteiger partial charge in [-0.1, -0.05) is 97.1 Å². The van der Waals surface area contributed by atoms with Gasteiger partial charge >= 0.3 is 11.9 Å². The van der Waals surface area contributed by atoms with Crippen LogP contribution in [0.25, 0.3) is 22.3 Å². The molecule has 0 radical (unpaired) electrons. The van der Waals surface area contributed by atoms with Gasteiger partial charge in [0, 0.05) is 39.2 Å². The van der Waals surface area contributed by atoms with E-state index in [0.29, 0.717) is 87.7 Å². The number of hydrogen-bond donors (Lipinski definition) is 0. The normalized spacial score (nSPS) is 11.7. The summed E-state index contributed by atoms with van der Waals surface area (Å²) in [5, 5.41) is 30.8. The van der Waals surface area contributed by atoms with Crippen LogP contribution in [0.5, 0.6) is 5.75 Å². The molecule has 0 aliphatic heterocycles. The molecule has 7 aromatic rings. The molecule has 0 fully saturated rings. The van der Waals surface area contributed by atoms with Gasteiger partial charge in [0.05, 0.1) is 72.5 Å². The molecule has 16 nitrogen and oxygen atoms in total. The minimum Gasteiger partial charge on any atom is -0.492 e. The number of azo groups is 3. The number of carbonyl (C=O) groups is 2. The fourth-order valence-corrected chi connectivity index (χ4v) is 9.02. The first kappa shape index (κ1) is 57.4. The molecule has 7 rings (SSSR count). The molecule has 0 saturated heterocycles. The lowest BCUT2D eigenvalue weighted by atomic mass is 9.90. The number of para-hydroxylation sites is 1. The highest BCUT2D eigenvalue weighted by Gasteiger charge is 2.44. The van der Waals surface area contributed by atoms with Crippen molar-refractivity contribution in [2.75, 3.05) is 90.4 Å². The fourth-order valence-electron chi connectivity index (χ4n) is 9.02. The summed E-state index contributed by atoms with van der Waals surface area (Å²) in [5.41, 5.74) is 8.74. The number of likely N-dealkylation sites (N-methyl/N-ethyl adjacent to an activating group) is 1. The Labute approximate surface area is 458 Å². The van der Waals surface area contributed by atoms with Crippen LogP contribution >= 0.6 is 0 Å². The van der Waals surface area contributed by atoms with Gasteiger partial charge in [0.2, 0.25) is 0 Å². The topological polar surface area (TPSA) is 161 Å². The molecular weight excluding hydrogens is 983 g/mol. The van der Waals surface area contributed by atoms with Crippen LogP contribution < -0.4 is 14.2 Å². The highest BCUT2D eigenvalue weighted by molar-refractivity contribution is 6.02. The van der Waals surface area contributed by atoms with Crippen molar-refractivity contribution in [3.63, 3.8) is 0 Å². The third kappa shape index (κ3) is 16.6. The highest BCUT2D eigenvalue weighted by Crippen LogP contribution is 2.54. The third-order valence-electron chi connectivity index (χ3n) is 12.6. The molecule has 0 amide bonds. The predicted octanol–water partition coefficient (Wildman–Crippen LogP) is 14.9. The van der Waals surface area contributed by atoms with Gasteiger partial charge in [0.15, 0.2) is 5.69 Å². The van der Waals surface area contributed by atoms with E-state index in [1.807, 2.05) is 172 Å². The Bertz CT molecular complexity index is 2990. The summed E-state index contributed by atoms with van der Waals surface area (Å²) in [4.78, 5) is 27.1. The van der Waals surface area contributed by atoms with Crippen LogP contribution in [0.1, 0.15) is 34.6 Å². The van der Waals surface area contributed by atoms with Gasteiger partial charge in [-0.2, -0.15) is 25.6 Å². The highest BCUT2D eigenvalue weighted by atomic mass is 16.5. The van der Waals surface area contributed by atoms with E-state index in [-0.39, 0.29) is 30.9 Å². The van der Waals surface area contributed by atoms with Crippen molar-refractivity contribution in [3.05, 3.63) is 176 Å². The number of benzene rings is 7. The van der Waals surface area contributed by atoms with Crippen molar-refractivity contribution in [3.8, 4) is 28.0 Å². The average molecular weight is 1050 g/mol. The van der Waals surface area contributed by atoms with E-state index in [0.717, 1.165) is 45.1 Å². The molecule has 404 valence electrons. The lowest BCUT2D eigenvalue weighted by Crippen LogP contribution is -2.65. The number of nitrogens with zero attached hydrogens (tertiary/aromatic N) is 9. The number of quaternary nitrogens is 1. The smallest absolute Gasteiger partial charge is 0.302 e. The van der Waals surface area contributed by atoms with E-state index in [4.69, 9.17) is 33.9 Å². The van der Waals surface area contributed by atoms with Crippen molar-refractivity contribution >= 4 is 57.4 Å². The molecule has 0 saturated carbocycles. The molecule has 7 aromatic carbocycles. The molecule has 0 spiro atoms. The van der Waals surface area contributed by atoms with E-state index in [1.165, 1.54) is 13.8 Å². The molecule has 0 unspecified atom stereocenters. The summed E-state index contributed by atoms with van der Waals surface area (Å²) in [6.45, 7) is 13.5. The van der Waals surface area contributed by atoms with Crippen molar-refractivity contribution in [2.45, 2.75) is 34.6 Å². The maximum absolute atomic E-state index is 12.5. The molecule has 0 atom stereocenters. The van der Waals surface area contributed by atoms with Gasteiger partial charge in [0.1, 0.15) is 44.3 Å². The van der Waals surface area contributed by atoms with Crippen LogP contribution in [-0.4, -0.2) is 102 Å². The van der Waals surface area contributed by atoms with Crippen LogP contribution in [0, 0.1) is 0 Å². The van der Waals surface area contributed by atoms with Crippen molar-refractivity contribution < 1.29 is 33.3 Å². The van der Waals surface area contributed by atoms with Gasteiger partial charge in [-0.05, 0) is 111 Å². The molecule has 78 heavy (non-hydrogen) atoms. The van der Waals surface area contributed by atoms with Crippen LogP contribution in [0.15, 0.2) is 207 Å². The van der Waals surface area contributed by atoms with Crippen LogP contribution in [0.2, 0.25) is 0 Å². The number of anilines is 1. The molecule has 0 aromatic heterocycles. The predicted molar refractivity (Wildman–Crippen MR) is 308 cm³/mol. The molecule has 0 N–H and O–H groups in total. The number of carbonyl (C=O) groups excluding carboxylic acids is 2. The van der Waals surface area contributed by atoms with Crippen LogP contribution in [-0.2, 0) is 28.5 Å². The number of rotatable bonds is 30. The van der Waals surface area contributed by atoms with Crippen molar-refractivity contribution in [2.24, 2.45) is 30.7 Å². The first-order chi connectivity index (χ1) is 38.2. The molecule has 0 aliphatic rings. The zero-order valence-electron chi connectivity index (χ0n) is 45.3. The molecular formula is C62H70N9O7+. The first-order valence-electron chi connectivity index (χ1n) is 26.5. The molecule has 0 heterocycles. The summed E-state index contributed by atoms with van der Waals surface area (Å²) in [7, 11) is 0. The Morgan fingerprint density at radius 3 is 1.33 bits per heavy atom. The standard InChI is InChI=1S/C62H70N9O7/c1-6-70(39-44-78-57-27-19-12-20-28-57)71(40-45-74-7-2,41-46-75-8-3)62-58(50-29-33-55(34-30-50)65-63-52-21-13-9-14-22-52)47-59(68-67-54-25-17-11-18-26-54)61(69(37-42-76-48(4)72)38-43-77-49(5)73)60(62)51-31-35-56(36-32-51)66-64-53-23-15-10-16-24-53/h9-36,47H,6-8,37-46H2,1-5H3/q+1. The van der Waals surface area contributed by atoms with Crippen LogP contribution in [0.3, 0.4) is 0 Å². The van der Waals surface area contributed by atoms with E-state index < -0.39 is 11.9 Å². The second kappa shape index (κ2) is 30.5. The third-order valence-corrected chi connectivity index (χ3v) is 12.6. The summed E-state index contributed by atoms with van der Waals surface area (Å²) < 4.78 is 30.8. The Morgan fingerprint density at radius 2 is 0.897 bits per heavy atom. The second-order valence-corrected chi connectivity index (χ2v) is 17.9. The minimum atomic E-state index is -0.430. The van der Waals surface area contributed by atoms with Crippen molar-refractivity contribution in [1.29, 1.82) is 0 Å². The van der Waals surface area contributed by atoms with Gasteiger partial charge in [-0.15, -0.1) is 10.1 Å². The van der Waals surface area contributed by atoms with E-state index in [2.05, 4.69) is 55.5 Å². The molecule has 0 aliphatic carbocycles. The van der Waals surface area contributed by atoms with Crippen molar-refractivity contribution in [1.82, 2.24) is 9.60 Å². The summed E-state index contributed by atoms with van der Waals surface area (Å²) >= 11 is 0. The maximum Gasteiger partial charge on any atom is 0.302 e. The van der Waals surface area contributed by atoms with E-state index in [9.17, 15) is 9.59 Å². The quantitative estimate of drug-likeness (QED) is 0.0140. The lowest BCUT2D eigenvalue weighted by molar-refractivity contribution is -0.141. The van der Waals surface area contributed by atoms with Gasteiger partial charge in [0.25, 0.3) is 0 Å². The number of esters is 2. The molecule has 0 bridgehead atoms. The lowest BCUT2D eigenvalue weighted by Gasteiger charge is -2.47. The number of hydrogen-bond acceptors (Lipinski definition) is 15. The first-order valence-corrected chi connectivity index (χ1v) is 26.5. The Hall–Kier alpha value is -8.28. The fraction of sp³-hybridized carbons (Fsp3) is 0.290. The summed E-state index contributed by atoms with van der Waals surface area (Å²) in [5.74, 6) is -0.0978. The summed E-state index contributed by atoms with van der Waals surface area (Å²) in [6.07, 6.45) is 0. The minimum absolute atomic E-state index is 0.0194. The monoisotopic (exact) mass is 1050 g/mol. The maximum atomic E-state index is 12.5. The Balaban J connectivity index is 1.61. The summed E-state index contributed by atoms with van der Waals surface area (Å²) in [6, 6.07) is 56.7. The van der Waals surface area contributed by atoms with E-state index in [1.54, 1.807) is 0 Å². The SMILES string of the molecule is CCOCC[N+](CCOCC)(c1c(-c2ccc(N=Nc3ccccc3)cc2)cc(N=Nc2ccccc2)c(N(CCOC(C)=O)CCOC(C)=O)c1-c1ccc(N=Nc2ccccc2)cc1)N(CC)CCOc1ccccc1.